The largest absolute Gasteiger partial charge is 0.467 e. The number of nitrogens with one attached hydrogen (secondary N) is 4. The number of hydrogen-bond acceptors (Lipinski definition) is 11. The highest BCUT2D eigenvalue weighted by atomic mass is 33.5. The number of aromatic amines is 1. The Hall–Kier alpha value is -3.37. The Morgan fingerprint density at radius 2 is 1.67 bits per heavy atom. The molecule has 43 heavy (non-hydrogen) atoms. The van der Waals surface area contributed by atoms with Gasteiger partial charge >= 0.3 is 12.1 Å². The van der Waals surface area contributed by atoms with Crippen LogP contribution in [0.2, 0.25) is 0 Å². The molecule has 0 aliphatic heterocycles. The predicted molar refractivity (Wildman–Crippen MR) is 168 cm³/mol. The molecule has 0 aliphatic rings. The van der Waals surface area contributed by atoms with Crippen LogP contribution in [0, 0.1) is 0 Å². The molecule has 0 saturated heterocycles. The number of ether oxygens (including phenoxy) is 2. The molecule has 0 bridgehead atoms. The summed E-state index contributed by atoms with van der Waals surface area (Å²) in [6.07, 6.45) is 1.67. The lowest BCUT2D eigenvalue weighted by atomic mass is 10.1. The molecule has 4 amide bonds. The van der Waals surface area contributed by atoms with E-state index in [2.05, 4.69) is 46.7 Å². The molecule has 1 heterocycles. The zero-order valence-electron chi connectivity index (χ0n) is 24.4. The Morgan fingerprint density at radius 3 is 2.28 bits per heavy atom. The fourth-order valence-electron chi connectivity index (χ4n) is 3.37. The number of alkyl carbamates (subject to hydrolysis) is 1. The summed E-state index contributed by atoms with van der Waals surface area (Å²) in [7, 11) is 5.71. The molecule has 16 heteroatoms. The standard InChI is InChI=1S/C27H38N6O7S3/c1-27(2,3)42-43-41-15-21(25(37)39-4)32-24(36)20(12-18-13-29-16-30-18)31-23(35)19(10-11-22(28)34)33-26(38)40-14-17-8-6-5-7-9-17/h5-9,13,16,19-21H,10-12,14-15H2,1-4H3,(H2,28,34)(H,29,30)(H,31,35)(H,32,36)(H,33,38)/t19-,20-,21-/m0/s1. The normalized spacial score (nSPS) is 13.2. The second-order valence-corrected chi connectivity index (χ2v) is 15.2. The van der Waals surface area contributed by atoms with Gasteiger partial charge in [-0.2, -0.15) is 0 Å². The molecule has 0 saturated carbocycles. The first-order valence-electron chi connectivity index (χ1n) is 13.3. The molecule has 0 aliphatic carbocycles. The van der Waals surface area contributed by atoms with Gasteiger partial charge in [-0.25, -0.2) is 14.6 Å². The van der Waals surface area contributed by atoms with Gasteiger partial charge in [-0.15, -0.1) is 0 Å². The zero-order valence-corrected chi connectivity index (χ0v) is 26.9. The van der Waals surface area contributed by atoms with E-state index in [0.29, 0.717) is 5.69 Å². The third kappa shape index (κ3) is 14.6. The van der Waals surface area contributed by atoms with Gasteiger partial charge in [0.15, 0.2) is 0 Å². The van der Waals surface area contributed by atoms with E-state index in [1.54, 1.807) is 35.1 Å². The van der Waals surface area contributed by atoms with Crippen molar-refractivity contribution in [1.82, 2.24) is 25.9 Å². The number of rotatable bonds is 17. The summed E-state index contributed by atoms with van der Waals surface area (Å²) in [6, 6.07) is 5.52. The van der Waals surface area contributed by atoms with Crippen molar-refractivity contribution in [3.8, 4) is 0 Å². The first-order valence-corrected chi connectivity index (χ1v) is 16.9. The molecule has 1 aromatic carbocycles. The molecule has 2 rings (SSSR count). The second kappa shape index (κ2) is 18.3. The Bertz CT molecular complexity index is 1200. The Balaban J connectivity index is 2.14. The number of amides is 4. The van der Waals surface area contributed by atoms with E-state index in [1.165, 1.54) is 40.3 Å². The summed E-state index contributed by atoms with van der Waals surface area (Å²) in [5, 5.41) is 7.72. The van der Waals surface area contributed by atoms with Gasteiger partial charge in [-0.1, -0.05) is 72.7 Å². The number of esters is 1. The third-order valence-corrected chi connectivity index (χ3v) is 10.5. The lowest BCUT2D eigenvalue weighted by Crippen LogP contribution is -2.57. The lowest BCUT2D eigenvalue weighted by Gasteiger charge is -2.24. The fourth-order valence-corrected chi connectivity index (χ4v) is 8.13. The van der Waals surface area contributed by atoms with Gasteiger partial charge in [0, 0.05) is 35.2 Å². The molecule has 1 aromatic heterocycles. The van der Waals surface area contributed by atoms with Crippen molar-refractivity contribution in [2.45, 2.75) is 69.5 Å². The minimum absolute atomic E-state index is 0.00573. The highest BCUT2D eigenvalue weighted by Gasteiger charge is 2.31. The highest BCUT2D eigenvalue weighted by molar-refractivity contribution is 9.09. The quantitative estimate of drug-likeness (QED) is 0.0955. The highest BCUT2D eigenvalue weighted by Crippen LogP contribution is 2.43. The fraction of sp³-hybridized carbons (Fsp3) is 0.481. The van der Waals surface area contributed by atoms with Crippen molar-refractivity contribution in [3.63, 3.8) is 0 Å². The first-order chi connectivity index (χ1) is 20.4. The number of nitrogens with zero attached hydrogens (tertiary/aromatic N) is 1. The average Bonchev–Trinajstić information content (AvgIpc) is 3.48. The molecule has 2 aromatic rings. The van der Waals surface area contributed by atoms with E-state index in [-0.39, 0.29) is 36.4 Å². The summed E-state index contributed by atoms with van der Waals surface area (Å²) in [5.74, 6) is -2.51. The monoisotopic (exact) mass is 654 g/mol. The van der Waals surface area contributed by atoms with E-state index in [9.17, 15) is 24.0 Å². The Kier molecular flexibility index (Phi) is 15.3. The van der Waals surface area contributed by atoms with E-state index in [1.807, 2.05) is 6.07 Å². The summed E-state index contributed by atoms with van der Waals surface area (Å²) in [6.45, 7) is 6.13. The average molecular weight is 655 g/mol. The summed E-state index contributed by atoms with van der Waals surface area (Å²) in [5.41, 5.74) is 6.55. The van der Waals surface area contributed by atoms with Crippen LogP contribution in [0.1, 0.15) is 44.9 Å². The Morgan fingerprint density at radius 1 is 1.00 bits per heavy atom. The number of primary amides is 1. The van der Waals surface area contributed by atoms with Crippen molar-refractivity contribution in [3.05, 3.63) is 54.1 Å². The molecular formula is C27H38N6O7S3. The van der Waals surface area contributed by atoms with E-state index in [4.69, 9.17) is 15.2 Å². The second-order valence-electron chi connectivity index (χ2n) is 10.2. The zero-order chi connectivity index (χ0) is 31.8. The minimum Gasteiger partial charge on any atom is -0.467 e. The number of nitrogens with two attached hydrogens (primary N) is 1. The number of benzene rings is 1. The van der Waals surface area contributed by atoms with Crippen LogP contribution in [0.4, 0.5) is 4.79 Å². The molecule has 0 fully saturated rings. The number of carbonyl (C=O) groups excluding carboxylic acids is 5. The number of aromatic nitrogens is 2. The molecule has 3 atom stereocenters. The van der Waals surface area contributed by atoms with Crippen LogP contribution < -0.4 is 21.7 Å². The van der Waals surface area contributed by atoms with Crippen LogP contribution in [0.5, 0.6) is 0 Å². The van der Waals surface area contributed by atoms with Gasteiger partial charge in [0.25, 0.3) is 0 Å². The van der Waals surface area contributed by atoms with Gasteiger partial charge in [-0.05, 0) is 21.8 Å². The Labute approximate surface area is 262 Å². The number of H-pyrrole nitrogens is 1. The molecule has 0 radical (unpaired) electrons. The molecule has 236 valence electrons. The van der Waals surface area contributed by atoms with Crippen LogP contribution in [-0.4, -0.2) is 75.5 Å². The van der Waals surface area contributed by atoms with Gasteiger partial charge in [0.2, 0.25) is 17.7 Å². The number of methoxy groups -OCH3 is 1. The van der Waals surface area contributed by atoms with Gasteiger partial charge in [0.05, 0.1) is 13.4 Å². The maximum Gasteiger partial charge on any atom is 0.408 e. The molecule has 13 nitrogen and oxygen atoms in total. The van der Waals surface area contributed by atoms with Crippen LogP contribution in [0.25, 0.3) is 0 Å². The summed E-state index contributed by atoms with van der Waals surface area (Å²) in [4.78, 5) is 70.0. The smallest absolute Gasteiger partial charge is 0.408 e. The van der Waals surface area contributed by atoms with E-state index >= 15 is 0 Å². The van der Waals surface area contributed by atoms with Crippen molar-refractivity contribution >= 4 is 61.2 Å². The maximum absolute atomic E-state index is 13.4. The van der Waals surface area contributed by atoms with Crippen LogP contribution in [0.15, 0.2) is 42.9 Å². The summed E-state index contributed by atoms with van der Waals surface area (Å²) >= 11 is 0. The van der Waals surface area contributed by atoms with Crippen molar-refractivity contribution in [2.24, 2.45) is 5.73 Å². The van der Waals surface area contributed by atoms with Gasteiger partial charge in [0.1, 0.15) is 24.7 Å². The van der Waals surface area contributed by atoms with Crippen LogP contribution in [0.3, 0.4) is 0 Å². The van der Waals surface area contributed by atoms with E-state index in [0.717, 1.165) is 5.56 Å². The van der Waals surface area contributed by atoms with Crippen LogP contribution in [-0.2, 0) is 41.7 Å². The van der Waals surface area contributed by atoms with E-state index < -0.39 is 47.9 Å². The number of imidazole rings is 1. The van der Waals surface area contributed by atoms with Gasteiger partial charge < -0.3 is 36.1 Å². The maximum atomic E-state index is 13.4. The van der Waals surface area contributed by atoms with Crippen molar-refractivity contribution in [2.75, 3.05) is 12.9 Å². The number of hydrogen-bond donors (Lipinski definition) is 5. The number of carbonyl (C=O) groups is 5. The van der Waals surface area contributed by atoms with Gasteiger partial charge in [-0.3, -0.25) is 14.4 Å². The summed E-state index contributed by atoms with van der Waals surface area (Å²) < 4.78 is 10.1. The first kappa shape index (κ1) is 35.8. The SMILES string of the molecule is COC(=O)[C@H](CSSSC(C)(C)C)NC(=O)[C@H](Cc1cnc[nH]1)NC(=O)[C@H](CCC(N)=O)NC(=O)OCc1ccccc1. The third-order valence-electron chi connectivity index (χ3n) is 5.48. The topological polar surface area (TPSA) is 195 Å². The molecule has 6 N–H and O–H groups in total. The molecule has 0 unspecified atom stereocenters. The lowest BCUT2D eigenvalue weighted by molar-refractivity contribution is -0.144. The van der Waals surface area contributed by atoms with Crippen molar-refractivity contribution in [1.29, 1.82) is 0 Å². The predicted octanol–water partition coefficient (Wildman–Crippen LogP) is 2.48. The molecular weight excluding hydrogens is 617 g/mol. The molecule has 0 spiro atoms. The van der Waals surface area contributed by atoms with Crippen molar-refractivity contribution < 1.29 is 33.4 Å². The minimum atomic E-state index is -1.24. The van der Waals surface area contributed by atoms with Crippen LogP contribution >= 0.6 is 31.4 Å².